The van der Waals surface area contributed by atoms with Gasteiger partial charge in [0, 0.05) is 5.56 Å². The minimum atomic E-state index is -4.33. The van der Waals surface area contributed by atoms with E-state index in [1.807, 2.05) is 0 Å². The van der Waals surface area contributed by atoms with Crippen LogP contribution < -0.4 is 0 Å². The summed E-state index contributed by atoms with van der Waals surface area (Å²) in [7, 11) is 0. The summed E-state index contributed by atoms with van der Waals surface area (Å²) in [6.45, 7) is 2.18. The third kappa shape index (κ3) is 2.38. The van der Waals surface area contributed by atoms with Crippen LogP contribution in [0.3, 0.4) is 0 Å². The lowest BCUT2D eigenvalue weighted by atomic mass is 9.84. The highest BCUT2D eigenvalue weighted by Gasteiger charge is 2.48. The number of carbonyl (C=O) groups is 1. The van der Waals surface area contributed by atoms with E-state index in [-0.39, 0.29) is 11.1 Å². The fourth-order valence-electron chi connectivity index (χ4n) is 1.18. The molecule has 5 heteroatoms. The summed E-state index contributed by atoms with van der Waals surface area (Å²) >= 11 is 5.20. The smallest absolute Gasteiger partial charge is 0.276 e. The quantitative estimate of drug-likeness (QED) is 0.728. The lowest BCUT2D eigenvalue weighted by Gasteiger charge is -2.28. The predicted octanol–water partition coefficient (Wildman–Crippen LogP) is 3.91. The van der Waals surface area contributed by atoms with Crippen molar-refractivity contribution in [1.82, 2.24) is 0 Å². The summed E-state index contributed by atoms with van der Waals surface area (Å²) in [5.74, 6) is 0. The molecule has 0 fully saturated rings. The van der Waals surface area contributed by atoms with E-state index in [2.05, 4.69) is 0 Å². The van der Waals surface area contributed by atoms with Crippen molar-refractivity contribution in [3.63, 3.8) is 0 Å². The minimum Gasteiger partial charge on any atom is -0.276 e. The Hall–Kier alpha value is -1.03. The van der Waals surface area contributed by atoms with Crippen molar-refractivity contribution in [2.45, 2.75) is 25.4 Å². The number of rotatable bonds is 2. The zero-order chi connectivity index (χ0) is 12.6. The monoisotopic (exact) mass is 250 g/mol. The summed E-state index contributed by atoms with van der Waals surface area (Å²) in [6.07, 6.45) is -4.33. The third-order valence-corrected chi connectivity index (χ3v) is 2.76. The Kier molecular flexibility index (Phi) is 3.33. The van der Waals surface area contributed by atoms with Crippen LogP contribution in [0, 0.1) is 0 Å². The molecule has 1 rings (SSSR count). The molecule has 0 aliphatic carbocycles. The molecule has 0 aliphatic heterocycles. The summed E-state index contributed by atoms with van der Waals surface area (Å²) in [4.78, 5) is 10.7. The van der Waals surface area contributed by atoms with Crippen LogP contribution in [-0.4, -0.2) is 11.4 Å². The van der Waals surface area contributed by atoms with Crippen LogP contribution in [0.2, 0.25) is 0 Å². The largest absolute Gasteiger partial charge is 0.397 e. The Labute approximate surface area is 96.2 Å². The maximum absolute atomic E-state index is 12.7. The van der Waals surface area contributed by atoms with Gasteiger partial charge in [-0.1, -0.05) is 12.1 Å². The lowest BCUT2D eigenvalue weighted by Crippen LogP contribution is -2.36. The molecule has 0 aliphatic rings. The number of hydrogen-bond acceptors (Lipinski definition) is 1. The molecule has 1 aromatic rings. The molecule has 0 spiro atoms. The standard InChI is InChI=1S/C11H10ClF3O/c1-10(2,11(13,14)15)8-5-3-7(4-6-8)9(12)16/h3-6H,1-2H3. The van der Waals surface area contributed by atoms with Gasteiger partial charge in [0.05, 0.1) is 5.41 Å². The van der Waals surface area contributed by atoms with Crippen molar-refractivity contribution in [3.05, 3.63) is 35.4 Å². The molecule has 0 N–H and O–H groups in total. The van der Waals surface area contributed by atoms with E-state index in [0.717, 1.165) is 13.8 Å². The van der Waals surface area contributed by atoms with E-state index >= 15 is 0 Å². The molecule has 0 bridgehead atoms. The Morgan fingerprint density at radius 3 is 1.88 bits per heavy atom. The van der Waals surface area contributed by atoms with Crippen LogP contribution in [0.1, 0.15) is 29.8 Å². The Morgan fingerprint density at radius 2 is 1.56 bits per heavy atom. The molecular weight excluding hydrogens is 241 g/mol. The highest BCUT2D eigenvalue weighted by atomic mass is 35.5. The normalized spacial score (nSPS) is 12.6. The van der Waals surface area contributed by atoms with Crippen molar-refractivity contribution in [1.29, 1.82) is 0 Å². The van der Waals surface area contributed by atoms with Gasteiger partial charge in [0.25, 0.3) is 5.24 Å². The van der Waals surface area contributed by atoms with Gasteiger partial charge in [0.2, 0.25) is 0 Å². The van der Waals surface area contributed by atoms with E-state index in [9.17, 15) is 18.0 Å². The first kappa shape index (κ1) is 13.0. The van der Waals surface area contributed by atoms with Crippen molar-refractivity contribution in [2.24, 2.45) is 0 Å². The number of alkyl halides is 3. The van der Waals surface area contributed by atoms with Gasteiger partial charge >= 0.3 is 6.18 Å². The molecule has 0 amide bonds. The maximum Gasteiger partial charge on any atom is 0.397 e. The molecule has 1 aromatic carbocycles. The summed E-state index contributed by atoms with van der Waals surface area (Å²) in [6, 6.07) is 5.11. The zero-order valence-corrected chi connectivity index (χ0v) is 9.49. The van der Waals surface area contributed by atoms with Crippen molar-refractivity contribution in [3.8, 4) is 0 Å². The second kappa shape index (κ2) is 4.09. The van der Waals surface area contributed by atoms with Gasteiger partial charge in [0.1, 0.15) is 0 Å². The average Bonchev–Trinajstić information content (AvgIpc) is 2.16. The second-order valence-corrected chi connectivity index (χ2v) is 4.32. The Balaban J connectivity index is 3.11. The van der Waals surface area contributed by atoms with Crippen LogP contribution in [0.15, 0.2) is 24.3 Å². The van der Waals surface area contributed by atoms with Gasteiger partial charge in [-0.3, -0.25) is 4.79 Å². The van der Waals surface area contributed by atoms with Crippen LogP contribution in [0.25, 0.3) is 0 Å². The highest BCUT2D eigenvalue weighted by Crippen LogP contribution is 2.40. The fourth-order valence-corrected chi connectivity index (χ4v) is 1.31. The average molecular weight is 251 g/mol. The summed E-state index contributed by atoms with van der Waals surface area (Å²) in [5, 5.41) is -0.684. The second-order valence-electron chi connectivity index (χ2n) is 3.97. The molecule has 0 unspecified atom stereocenters. The summed E-state index contributed by atoms with van der Waals surface area (Å²) in [5.41, 5.74) is -1.66. The van der Waals surface area contributed by atoms with Crippen LogP contribution in [0.4, 0.5) is 13.2 Å². The van der Waals surface area contributed by atoms with E-state index in [1.165, 1.54) is 24.3 Å². The van der Waals surface area contributed by atoms with E-state index in [0.29, 0.717) is 0 Å². The Bertz CT molecular complexity index is 393. The van der Waals surface area contributed by atoms with E-state index in [4.69, 9.17) is 11.6 Å². The van der Waals surface area contributed by atoms with Gasteiger partial charge in [-0.2, -0.15) is 13.2 Å². The first-order valence-corrected chi connectivity index (χ1v) is 4.91. The maximum atomic E-state index is 12.7. The van der Waals surface area contributed by atoms with Gasteiger partial charge in [-0.25, -0.2) is 0 Å². The van der Waals surface area contributed by atoms with E-state index in [1.54, 1.807) is 0 Å². The SMILES string of the molecule is CC(C)(c1ccc(C(=O)Cl)cc1)C(F)(F)F. The molecule has 0 radical (unpaired) electrons. The summed E-state index contributed by atoms with van der Waals surface area (Å²) < 4.78 is 38.1. The third-order valence-electron chi connectivity index (χ3n) is 2.54. The first-order chi connectivity index (χ1) is 7.16. The number of carbonyl (C=O) groups excluding carboxylic acids is 1. The van der Waals surface area contributed by atoms with Gasteiger partial charge < -0.3 is 0 Å². The fraction of sp³-hybridized carbons (Fsp3) is 0.364. The molecule has 88 valence electrons. The van der Waals surface area contributed by atoms with Crippen molar-refractivity contribution < 1.29 is 18.0 Å². The molecule has 0 heterocycles. The molecule has 0 aromatic heterocycles. The van der Waals surface area contributed by atoms with Crippen LogP contribution in [-0.2, 0) is 5.41 Å². The van der Waals surface area contributed by atoms with E-state index < -0.39 is 16.8 Å². The number of halogens is 4. The molecule has 0 saturated carbocycles. The Morgan fingerprint density at radius 1 is 1.12 bits per heavy atom. The molecule has 1 nitrogen and oxygen atoms in total. The van der Waals surface area contributed by atoms with Gasteiger partial charge in [-0.05, 0) is 43.1 Å². The number of benzene rings is 1. The molecule has 0 atom stereocenters. The van der Waals surface area contributed by atoms with Gasteiger partial charge in [-0.15, -0.1) is 0 Å². The number of hydrogen-bond donors (Lipinski definition) is 0. The lowest BCUT2D eigenvalue weighted by molar-refractivity contribution is -0.180. The molecular formula is C11H10ClF3O. The van der Waals surface area contributed by atoms with Crippen LogP contribution in [0.5, 0.6) is 0 Å². The molecule has 0 saturated heterocycles. The van der Waals surface area contributed by atoms with Gasteiger partial charge in [0.15, 0.2) is 0 Å². The topological polar surface area (TPSA) is 17.1 Å². The van der Waals surface area contributed by atoms with Crippen LogP contribution >= 0.6 is 11.6 Å². The highest BCUT2D eigenvalue weighted by molar-refractivity contribution is 6.67. The molecule has 16 heavy (non-hydrogen) atoms. The predicted molar refractivity (Wildman–Crippen MR) is 55.7 cm³/mol. The minimum absolute atomic E-state index is 0.0988. The van der Waals surface area contributed by atoms with Crippen molar-refractivity contribution in [2.75, 3.05) is 0 Å². The van der Waals surface area contributed by atoms with Crippen molar-refractivity contribution >= 4 is 16.8 Å². The zero-order valence-electron chi connectivity index (χ0n) is 8.73. The first-order valence-electron chi connectivity index (χ1n) is 4.53.